The topological polar surface area (TPSA) is 84.3 Å². The van der Waals surface area contributed by atoms with E-state index in [1.165, 1.54) is 4.31 Å². The highest BCUT2D eigenvalue weighted by Crippen LogP contribution is 2.28. The van der Waals surface area contributed by atoms with Crippen molar-refractivity contribution in [2.75, 3.05) is 19.3 Å². The summed E-state index contributed by atoms with van der Waals surface area (Å²) in [6, 6.07) is 1.17. The lowest BCUT2D eigenvalue weighted by Crippen LogP contribution is -2.47. The Bertz CT molecular complexity index is 620. The van der Waals surface area contributed by atoms with Gasteiger partial charge in [-0.3, -0.25) is 9.48 Å². The second-order valence-electron chi connectivity index (χ2n) is 5.53. The molecular weight excluding hydrogens is 280 g/mol. The number of nitrogens with zero attached hydrogens (tertiary/aromatic N) is 3. The summed E-state index contributed by atoms with van der Waals surface area (Å²) in [5, 5.41) is 7.05. The summed E-state index contributed by atoms with van der Waals surface area (Å²) in [5.74, 6) is 0.431. The standard InChI is InChI=1S/C12H18N4O3S/c1-20(18,19)15-7-10-4-5-14-16(10)11(8-15)12(17)13-6-9-2-3-9/h4-5,9,11H,2-3,6-8H2,1H3,(H,13,17). The van der Waals surface area contributed by atoms with Crippen LogP contribution in [0.5, 0.6) is 0 Å². The SMILES string of the molecule is CS(=O)(=O)N1Cc2ccnn2C(C(=O)NCC2CC2)C1. The van der Waals surface area contributed by atoms with E-state index in [2.05, 4.69) is 10.4 Å². The molecule has 0 aromatic carbocycles. The summed E-state index contributed by atoms with van der Waals surface area (Å²) < 4.78 is 26.4. The van der Waals surface area contributed by atoms with Crippen LogP contribution in [0.2, 0.25) is 0 Å². The second kappa shape index (κ2) is 4.85. The number of nitrogens with one attached hydrogen (secondary N) is 1. The molecule has 0 bridgehead atoms. The minimum Gasteiger partial charge on any atom is -0.354 e. The minimum absolute atomic E-state index is 0.143. The molecule has 0 spiro atoms. The van der Waals surface area contributed by atoms with Gasteiger partial charge in [-0.2, -0.15) is 9.40 Å². The van der Waals surface area contributed by atoms with Gasteiger partial charge in [0.1, 0.15) is 6.04 Å². The van der Waals surface area contributed by atoms with Crippen LogP contribution in [-0.2, 0) is 21.4 Å². The van der Waals surface area contributed by atoms with Crippen molar-refractivity contribution in [1.82, 2.24) is 19.4 Å². The molecule has 1 fully saturated rings. The van der Waals surface area contributed by atoms with Crippen molar-refractivity contribution in [2.45, 2.75) is 25.4 Å². The Morgan fingerprint density at radius 2 is 2.25 bits per heavy atom. The fourth-order valence-electron chi connectivity index (χ4n) is 2.39. The van der Waals surface area contributed by atoms with Crippen LogP contribution in [-0.4, -0.2) is 47.8 Å². The molecule has 7 nitrogen and oxygen atoms in total. The van der Waals surface area contributed by atoms with Crippen LogP contribution in [0.1, 0.15) is 24.6 Å². The van der Waals surface area contributed by atoms with Gasteiger partial charge in [0.25, 0.3) is 0 Å². The van der Waals surface area contributed by atoms with Crippen molar-refractivity contribution in [3.63, 3.8) is 0 Å². The summed E-state index contributed by atoms with van der Waals surface area (Å²) >= 11 is 0. The highest BCUT2D eigenvalue weighted by Gasteiger charge is 2.35. The molecular formula is C12H18N4O3S. The monoisotopic (exact) mass is 298 g/mol. The molecule has 1 saturated carbocycles. The van der Waals surface area contributed by atoms with E-state index in [0.29, 0.717) is 12.5 Å². The lowest BCUT2D eigenvalue weighted by atomic mass is 10.2. The van der Waals surface area contributed by atoms with Crippen molar-refractivity contribution >= 4 is 15.9 Å². The van der Waals surface area contributed by atoms with Gasteiger partial charge in [-0.1, -0.05) is 0 Å². The Kier molecular flexibility index (Phi) is 3.29. The third kappa shape index (κ3) is 2.71. The molecule has 0 saturated heterocycles. The Labute approximate surface area is 118 Å². The first-order valence-electron chi connectivity index (χ1n) is 6.70. The molecule has 1 atom stereocenters. The smallest absolute Gasteiger partial charge is 0.246 e. The molecule has 2 aliphatic rings. The van der Waals surface area contributed by atoms with Crippen molar-refractivity contribution in [3.8, 4) is 0 Å². The molecule has 1 N–H and O–H groups in total. The summed E-state index contributed by atoms with van der Waals surface area (Å²) in [4.78, 5) is 12.3. The lowest BCUT2D eigenvalue weighted by Gasteiger charge is -2.31. The Balaban J connectivity index is 1.79. The van der Waals surface area contributed by atoms with Crippen molar-refractivity contribution in [2.24, 2.45) is 5.92 Å². The first kappa shape index (κ1) is 13.6. The zero-order valence-corrected chi connectivity index (χ0v) is 12.1. The quantitative estimate of drug-likeness (QED) is 0.829. The largest absolute Gasteiger partial charge is 0.354 e. The molecule has 0 radical (unpaired) electrons. The molecule has 1 aliphatic carbocycles. The number of carbonyl (C=O) groups is 1. The molecule has 1 amide bonds. The van der Waals surface area contributed by atoms with Crippen molar-refractivity contribution in [1.29, 1.82) is 0 Å². The number of amides is 1. The normalized spacial score (nSPS) is 23.4. The van der Waals surface area contributed by atoms with Gasteiger partial charge >= 0.3 is 0 Å². The maximum absolute atomic E-state index is 12.3. The van der Waals surface area contributed by atoms with E-state index in [1.54, 1.807) is 16.9 Å². The van der Waals surface area contributed by atoms with E-state index in [9.17, 15) is 13.2 Å². The van der Waals surface area contributed by atoms with Gasteiger partial charge in [-0.15, -0.1) is 0 Å². The van der Waals surface area contributed by atoms with Gasteiger partial charge in [0, 0.05) is 19.3 Å². The average Bonchev–Trinajstić information content (AvgIpc) is 3.09. The van der Waals surface area contributed by atoms with Gasteiger partial charge in [0.05, 0.1) is 18.5 Å². The number of sulfonamides is 1. The number of rotatable bonds is 4. The average molecular weight is 298 g/mol. The first-order chi connectivity index (χ1) is 9.45. The van der Waals surface area contributed by atoms with Crippen LogP contribution in [0.4, 0.5) is 0 Å². The molecule has 1 aliphatic heterocycles. The summed E-state index contributed by atoms with van der Waals surface area (Å²) in [7, 11) is -3.32. The van der Waals surface area contributed by atoms with Crippen LogP contribution in [0.3, 0.4) is 0 Å². The summed E-state index contributed by atoms with van der Waals surface area (Å²) in [5.41, 5.74) is 0.744. The van der Waals surface area contributed by atoms with Gasteiger partial charge in [-0.05, 0) is 24.8 Å². The van der Waals surface area contributed by atoms with Crippen LogP contribution >= 0.6 is 0 Å². The number of carbonyl (C=O) groups excluding carboxylic acids is 1. The van der Waals surface area contributed by atoms with Crippen LogP contribution in [0.15, 0.2) is 12.3 Å². The molecule has 1 unspecified atom stereocenters. The van der Waals surface area contributed by atoms with Gasteiger partial charge < -0.3 is 5.32 Å². The Morgan fingerprint density at radius 1 is 1.50 bits per heavy atom. The summed E-state index contributed by atoms with van der Waals surface area (Å²) in [6.45, 7) is 1.08. The van der Waals surface area contributed by atoms with Crippen molar-refractivity contribution in [3.05, 3.63) is 18.0 Å². The molecule has 2 heterocycles. The van der Waals surface area contributed by atoms with Gasteiger partial charge in [0.15, 0.2) is 0 Å². The van der Waals surface area contributed by atoms with Crippen LogP contribution in [0, 0.1) is 5.92 Å². The predicted molar refractivity (Wildman–Crippen MR) is 72.3 cm³/mol. The molecule has 110 valence electrons. The summed E-state index contributed by atoms with van der Waals surface area (Å²) in [6.07, 6.45) is 5.08. The van der Waals surface area contributed by atoms with E-state index in [0.717, 1.165) is 24.8 Å². The van der Waals surface area contributed by atoms with Gasteiger partial charge in [0.2, 0.25) is 15.9 Å². The number of hydrogen-bond acceptors (Lipinski definition) is 4. The maximum atomic E-state index is 12.3. The maximum Gasteiger partial charge on any atom is 0.246 e. The molecule has 8 heteroatoms. The molecule has 1 aromatic heterocycles. The van der Waals surface area contributed by atoms with Crippen molar-refractivity contribution < 1.29 is 13.2 Å². The van der Waals surface area contributed by atoms with Gasteiger partial charge in [-0.25, -0.2) is 8.42 Å². The second-order valence-corrected chi connectivity index (χ2v) is 7.51. The Hall–Kier alpha value is -1.41. The third-order valence-corrected chi connectivity index (χ3v) is 5.01. The third-order valence-electron chi connectivity index (χ3n) is 3.80. The molecule has 1 aromatic rings. The van der Waals surface area contributed by atoms with E-state index in [1.807, 2.05) is 0 Å². The van der Waals surface area contributed by atoms with Crippen LogP contribution in [0.25, 0.3) is 0 Å². The predicted octanol–water partition coefficient (Wildman–Crippen LogP) is -0.274. The first-order valence-corrected chi connectivity index (χ1v) is 8.55. The van der Waals surface area contributed by atoms with E-state index in [4.69, 9.17) is 0 Å². The fraction of sp³-hybridized carbons (Fsp3) is 0.667. The number of fused-ring (bicyclic) bond motifs is 1. The van der Waals surface area contributed by atoms with E-state index < -0.39 is 16.1 Å². The fourth-order valence-corrected chi connectivity index (χ4v) is 3.17. The minimum atomic E-state index is -3.32. The van der Waals surface area contributed by atoms with Crippen LogP contribution < -0.4 is 5.32 Å². The lowest BCUT2D eigenvalue weighted by molar-refractivity contribution is -0.125. The highest BCUT2D eigenvalue weighted by atomic mass is 32.2. The Morgan fingerprint density at radius 3 is 2.90 bits per heavy atom. The zero-order valence-electron chi connectivity index (χ0n) is 11.3. The zero-order chi connectivity index (χ0) is 14.3. The highest BCUT2D eigenvalue weighted by molar-refractivity contribution is 7.88. The number of hydrogen-bond donors (Lipinski definition) is 1. The van der Waals surface area contributed by atoms with E-state index in [-0.39, 0.29) is 19.0 Å². The van der Waals surface area contributed by atoms with E-state index >= 15 is 0 Å². The number of aromatic nitrogens is 2. The molecule has 3 rings (SSSR count). The molecule has 20 heavy (non-hydrogen) atoms.